The molecular weight excluding hydrogens is 357 g/mol. The third-order valence-corrected chi connectivity index (χ3v) is 1.61. The maximum atomic E-state index is 12.9. The SMILES string of the molecule is O=C(O)C(F)(OC(F)(F)C(F)(F)OC(F)=C(F)F)C(F)(F)F. The molecule has 0 aromatic heterocycles. The molecule has 4 nitrogen and oxygen atoms in total. The Hall–Kier alpha value is -1.80. The minimum atomic E-state index is -6.80. The van der Waals surface area contributed by atoms with Crippen molar-refractivity contribution >= 4 is 5.97 Å². The number of hydrogen-bond donors (Lipinski definition) is 1. The summed E-state index contributed by atoms with van der Waals surface area (Å²) >= 11 is 0. The number of carboxylic acids is 1. The molecule has 1 unspecified atom stereocenters. The maximum Gasteiger partial charge on any atom is 0.495 e. The second-order valence-corrected chi connectivity index (χ2v) is 3.17. The average Bonchev–Trinajstić information content (AvgIpc) is 2.25. The molecule has 0 aliphatic rings. The van der Waals surface area contributed by atoms with Crippen molar-refractivity contribution in [1.29, 1.82) is 0 Å². The van der Waals surface area contributed by atoms with Crippen LogP contribution in [0.4, 0.5) is 48.3 Å². The first kappa shape index (κ1) is 20.2. The van der Waals surface area contributed by atoms with Crippen molar-refractivity contribution in [3.8, 4) is 0 Å². The number of halogens is 11. The molecule has 0 aromatic carbocycles. The standard InChI is InChI=1S/C7HF11O4/c8-1(9)2(10)21-6(15,16)7(17,18)22-4(11,3(19)20)5(12,13)14/h(H,19,20). The fraction of sp³-hybridized carbons (Fsp3) is 0.571. The van der Waals surface area contributed by atoms with Crippen molar-refractivity contribution in [2.24, 2.45) is 0 Å². The van der Waals surface area contributed by atoms with Crippen LogP contribution in [0, 0.1) is 0 Å². The first-order valence-electron chi connectivity index (χ1n) is 4.32. The molecule has 0 saturated heterocycles. The van der Waals surface area contributed by atoms with E-state index in [0.717, 1.165) is 0 Å². The first-order chi connectivity index (χ1) is 9.48. The van der Waals surface area contributed by atoms with Gasteiger partial charge in [-0.2, -0.15) is 48.3 Å². The summed E-state index contributed by atoms with van der Waals surface area (Å²) in [5.74, 6) is -10.2. The van der Waals surface area contributed by atoms with Crippen molar-refractivity contribution in [3.05, 3.63) is 12.1 Å². The van der Waals surface area contributed by atoms with Gasteiger partial charge in [-0.15, -0.1) is 0 Å². The van der Waals surface area contributed by atoms with E-state index in [4.69, 9.17) is 5.11 Å². The second-order valence-electron chi connectivity index (χ2n) is 3.17. The number of hydrogen-bond acceptors (Lipinski definition) is 3. The largest absolute Gasteiger partial charge is 0.495 e. The lowest BCUT2D eigenvalue weighted by molar-refractivity contribution is -0.479. The molecule has 0 aromatic rings. The Morgan fingerprint density at radius 1 is 0.818 bits per heavy atom. The zero-order chi connectivity index (χ0) is 18.1. The normalized spacial score (nSPS) is 16.0. The van der Waals surface area contributed by atoms with Crippen LogP contribution in [0.5, 0.6) is 0 Å². The van der Waals surface area contributed by atoms with Crippen LogP contribution in [0.1, 0.15) is 0 Å². The number of rotatable bonds is 6. The predicted molar refractivity (Wildman–Crippen MR) is 39.9 cm³/mol. The van der Waals surface area contributed by atoms with Gasteiger partial charge in [0.2, 0.25) is 0 Å². The van der Waals surface area contributed by atoms with Crippen molar-refractivity contribution < 1.29 is 67.7 Å². The van der Waals surface area contributed by atoms with Gasteiger partial charge in [0.15, 0.2) is 0 Å². The summed E-state index contributed by atoms with van der Waals surface area (Å²) in [6.07, 6.45) is -23.9. The van der Waals surface area contributed by atoms with Gasteiger partial charge in [-0.1, -0.05) is 0 Å². The van der Waals surface area contributed by atoms with E-state index in [1.165, 1.54) is 0 Å². The van der Waals surface area contributed by atoms with Crippen LogP contribution >= 0.6 is 0 Å². The predicted octanol–water partition coefficient (Wildman–Crippen LogP) is 3.55. The molecule has 15 heteroatoms. The van der Waals surface area contributed by atoms with Gasteiger partial charge in [-0.05, 0) is 0 Å². The molecule has 0 saturated carbocycles. The van der Waals surface area contributed by atoms with Crippen LogP contribution in [0.2, 0.25) is 0 Å². The highest BCUT2D eigenvalue weighted by molar-refractivity contribution is 5.76. The highest BCUT2D eigenvalue weighted by atomic mass is 19.4. The number of carbonyl (C=O) groups is 1. The van der Waals surface area contributed by atoms with Gasteiger partial charge >= 0.3 is 42.3 Å². The van der Waals surface area contributed by atoms with Gasteiger partial charge in [0.25, 0.3) is 0 Å². The molecule has 130 valence electrons. The van der Waals surface area contributed by atoms with E-state index in [9.17, 15) is 53.1 Å². The Labute approximate surface area is 111 Å². The zero-order valence-corrected chi connectivity index (χ0v) is 9.33. The second kappa shape index (κ2) is 5.77. The monoisotopic (exact) mass is 358 g/mol. The molecule has 22 heavy (non-hydrogen) atoms. The lowest BCUT2D eigenvalue weighted by Crippen LogP contribution is -2.58. The number of carboxylic acid groups (broad SMARTS) is 1. The third kappa shape index (κ3) is 3.89. The van der Waals surface area contributed by atoms with E-state index >= 15 is 0 Å². The number of alkyl halides is 8. The smallest absolute Gasteiger partial charge is 0.477 e. The van der Waals surface area contributed by atoms with Crippen LogP contribution in [0.3, 0.4) is 0 Å². The summed E-state index contributed by atoms with van der Waals surface area (Å²) < 4.78 is 138. The summed E-state index contributed by atoms with van der Waals surface area (Å²) in [5.41, 5.74) is 0. The molecule has 0 aliphatic carbocycles. The molecule has 0 radical (unpaired) electrons. The van der Waals surface area contributed by atoms with E-state index in [1.807, 2.05) is 9.47 Å². The zero-order valence-electron chi connectivity index (χ0n) is 9.33. The lowest BCUT2D eigenvalue weighted by atomic mass is 10.3. The van der Waals surface area contributed by atoms with Crippen molar-refractivity contribution in [1.82, 2.24) is 0 Å². The van der Waals surface area contributed by atoms with E-state index in [-0.39, 0.29) is 0 Å². The third-order valence-electron chi connectivity index (χ3n) is 1.61. The van der Waals surface area contributed by atoms with Crippen molar-refractivity contribution in [2.45, 2.75) is 24.2 Å². The quantitative estimate of drug-likeness (QED) is 0.583. The van der Waals surface area contributed by atoms with Crippen LogP contribution in [0.15, 0.2) is 12.1 Å². The molecule has 0 heterocycles. The Bertz CT molecular complexity index is 466. The minimum Gasteiger partial charge on any atom is -0.477 e. The molecule has 0 fully saturated rings. The van der Waals surface area contributed by atoms with Crippen LogP contribution in [-0.2, 0) is 14.3 Å². The first-order valence-corrected chi connectivity index (χ1v) is 4.32. The summed E-state index contributed by atoms with van der Waals surface area (Å²) in [5, 5.41) is 7.82. The minimum absolute atomic E-state index is 1.86. The summed E-state index contributed by atoms with van der Waals surface area (Å²) in [6.45, 7) is 0. The molecule has 1 atom stereocenters. The molecular formula is C7HF11O4. The Kier molecular flexibility index (Phi) is 5.30. The molecule has 0 amide bonds. The van der Waals surface area contributed by atoms with Gasteiger partial charge in [0.1, 0.15) is 0 Å². The highest BCUT2D eigenvalue weighted by Crippen LogP contribution is 2.46. The van der Waals surface area contributed by atoms with E-state index in [2.05, 4.69) is 0 Å². The van der Waals surface area contributed by atoms with Crippen LogP contribution in [-0.4, -0.2) is 35.3 Å². The van der Waals surface area contributed by atoms with Crippen molar-refractivity contribution in [3.63, 3.8) is 0 Å². The Morgan fingerprint density at radius 3 is 1.50 bits per heavy atom. The molecule has 0 bridgehead atoms. The fourth-order valence-corrected chi connectivity index (χ4v) is 0.669. The van der Waals surface area contributed by atoms with Gasteiger partial charge in [0.05, 0.1) is 0 Å². The van der Waals surface area contributed by atoms with E-state index in [1.54, 1.807) is 0 Å². The molecule has 1 N–H and O–H groups in total. The topological polar surface area (TPSA) is 55.8 Å². The summed E-state index contributed by atoms with van der Waals surface area (Å²) in [7, 11) is 0. The van der Waals surface area contributed by atoms with Gasteiger partial charge in [0, 0.05) is 0 Å². The Morgan fingerprint density at radius 2 is 1.23 bits per heavy atom. The van der Waals surface area contributed by atoms with Gasteiger partial charge in [-0.25, -0.2) is 4.79 Å². The van der Waals surface area contributed by atoms with E-state index < -0.39 is 42.3 Å². The fourth-order valence-electron chi connectivity index (χ4n) is 0.669. The number of ether oxygens (including phenoxy) is 2. The van der Waals surface area contributed by atoms with E-state index in [0.29, 0.717) is 0 Å². The van der Waals surface area contributed by atoms with Crippen molar-refractivity contribution in [2.75, 3.05) is 0 Å². The highest BCUT2D eigenvalue weighted by Gasteiger charge is 2.74. The maximum absolute atomic E-state index is 12.9. The summed E-state index contributed by atoms with van der Waals surface area (Å²) in [6, 6.07) is -3.64. The Balaban J connectivity index is 5.65. The average molecular weight is 358 g/mol. The molecule has 0 spiro atoms. The van der Waals surface area contributed by atoms with Crippen LogP contribution < -0.4 is 0 Å². The van der Waals surface area contributed by atoms with Crippen LogP contribution in [0.25, 0.3) is 0 Å². The van der Waals surface area contributed by atoms with Gasteiger partial charge in [-0.3, -0.25) is 4.74 Å². The molecule has 0 rings (SSSR count). The van der Waals surface area contributed by atoms with Gasteiger partial charge < -0.3 is 9.84 Å². The molecule has 0 aliphatic heterocycles. The lowest BCUT2D eigenvalue weighted by Gasteiger charge is -2.31. The summed E-state index contributed by atoms with van der Waals surface area (Å²) in [4.78, 5) is 9.96. The number of aliphatic carboxylic acids is 1.